The molecule has 4 N–H and O–H groups in total. The minimum atomic E-state index is -0.121. The number of rotatable bonds is 5. The molecule has 1 aliphatic rings. The number of thioether (sulfide) groups is 1. The second-order valence-corrected chi connectivity index (χ2v) is 7.18. The van der Waals surface area contributed by atoms with Crippen molar-refractivity contribution in [2.75, 3.05) is 11.1 Å². The maximum absolute atomic E-state index is 12.1. The number of anilines is 1. The van der Waals surface area contributed by atoms with Crippen LogP contribution in [-0.4, -0.2) is 23.1 Å². The molecule has 0 saturated heterocycles. The molecule has 21 heavy (non-hydrogen) atoms. The van der Waals surface area contributed by atoms with Gasteiger partial charge in [0.1, 0.15) is 0 Å². The molecule has 1 aliphatic carbocycles. The van der Waals surface area contributed by atoms with Gasteiger partial charge in [-0.3, -0.25) is 0 Å². The van der Waals surface area contributed by atoms with E-state index in [0.717, 1.165) is 29.8 Å². The predicted octanol–water partition coefficient (Wildman–Crippen LogP) is 3.50. The number of urea groups is 1. The highest BCUT2D eigenvalue weighted by atomic mass is 32.2. The quantitative estimate of drug-likeness (QED) is 0.780. The number of carbonyl (C=O) groups excluding carboxylic acids is 1. The van der Waals surface area contributed by atoms with Crippen LogP contribution in [0.15, 0.2) is 24.3 Å². The van der Waals surface area contributed by atoms with E-state index in [-0.39, 0.29) is 12.1 Å². The molecule has 3 atom stereocenters. The van der Waals surface area contributed by atoms with Crippen molar-refractivity contribution in [3.8, 4) is 0 Å². The van der Waals surface area contributed by atoms with Crippen molar-refractivity contribution >= 4 is 23.5 Å². The zero-order valence-electron chi connectivity index (χ0n) is 12.8. The second kappa shape index (κ2) is 7.71. The summed E-state index contributed by atoms with van der Waals surface area (Å²) >= 11 is 1.99. The summed E-state index contributed by atoms with van der Waals surface area (Å²) in [7, 11) is 0. The molecule has 3 unspecified atom stereocenters. The molecule has 1 saturated carbocycles. The van der Waals surface area contributed by atoms with E-state index in [4.69, 9.17) is 5.73 Å². The van der Waals surface area contributed by atoms with Gasteiger partial charge >= 0.3 is 6.03 Å². The van der Waals surface area contributed by atoms with E-state index in [0.29, 0.717) is 11.3 Å². The van der Waals surface area contributed by atoms with Gasteiger partial charge in [-0.15, -0.1) is 0 Å². The standard InChI is InChI=1S/C16H25N3OS/c1-3-21-15-8-7-14(10-15)19-16(20)18-13-6-4-5-12(9-13)11(2)17/h4-6,9,11,14-15H,3,7-8,10,17H2,1-2H3,(H2,18,19,20). The molecule has 1 fully saturated rings. The van der Waals surface area contributed by atoms with Gasteiger partial charge in [-0.1, -0.05) is 19.1 Å². The van der Waals surface area contributed by atoms with E-state index in [1.165, 1.54) is 6.42 Å². The lowest BCUT2D eigenvalue weighted by atomic mass is 10.1. The minimum absolute atomic E-state index is 0.0310. The summed E-state index contributed by atoms with van der Waals surface area (Å²) in [6.45, 7) is 4.12. The van der Waals surface area contributed by atoms with E-state index in [9.17, 15) is 4.79 Å². The van der Waals surface area contributed by atoms with Gasteiger partial charge in [0, 0.05) is 23.0 Å². The number of hydrogen-bond acceptors (Lipinski definition) is 3. The first kappa shape index (κ1) is 16.2. The third-order valence-corrected chi connectivity index (χ3v) is 5.03. The van der Waals surface area contributed by atoms with E-state index in [1.54, 1.807) is 0 Å². The Morgan fingerprint density at radius 1 is 1.48 bits per heavy atom. The Morgan fingerprint density at radius 2 is 2.29 bits per heavy atom. The van der Waals surface area contributed by atoms with Gasteiger partial charge in [-0.25, -0.2) is 4.79 Å². The Kier molecular flexibility index (Phi) is 5.94. The molecular weight excluding hydrogens is 282 g/mol. The van der Waals surface area contributed by atoms with E-state index < -0.39 is 0 Å². The minimum Gasteiger partial charge on any atom is -0.335 e. The second-order valence-electron chi connectivity index (χ2n) is 5.60. The fourth-order valence-corrected chi connectivity index (χ4v) is 3.85. The Hall–Kier alpha value is -1.20. The molecule has 0 radical (unpaired) electrons. The van der Waals surface area contributed by atoms with Crippen molar-refractivity contribution in [3.63, 3.8) is 0 Å². The Labute approximate surface area is 131 Å². The normalized spacial score (nSPS) is 22.8. The van der Waals surface area contributed by atoms with Crippen molar-refractivity contribution in [1.82, 2.24) is 5.32 Å². The largest absolute Gasteiger partial charge is 0.335 e. The van der Waals surface area contributed by atoms with Crippen LogP contribution in [0.1, 0.15) is 44.7 Å². The van der Waals surface area contributed by atoms with Crippen molar-refractivity contribution in [2.24, 2.45) is 5.73 Å². The Bertz CT molecular complexity index is 478. The summed E-state index contributed by atoms with van der Waals surface area (Å²) in [5.41, 5.74) is 7.67. The van der Waals surface area contributed by atoms with Gasteiger partial charge in [0.25, 0.3) is 0 Å². The maximum Gasteiger partial charge on any atom is 0.319 e. The Morgan fingerprint density at radius 3 is 3.00 bits per heavy atom. The molecule has 0 heterocycles. The number of amides is 2. The summed E-state index contributed by atoms with van der Waals surface area (Å²) in [6.07, 6.45) is 3.35. The highest BCUT2D eigenvalue weighted by Gasteiger charge is 2.25. The highest BCUT2D eigenvalue weighted by molar-refractivity contribution is 7.99. The molecule has 1 aromatic carbocycles. The average molecular weight is 307 g/mol. The fraction of sp³-hybridized carbons (Fsp3) is 0.562. The van der Waals surface area contributed by atoms with Gasteiger partial charge in [-0.05, 0) is 49.6 Å². The smallest absolute Gasteiger partial charge is 0.319 e. The average Bonchev–Trinajstić information content (AvgIpc) is 2.86. The molecule has 2 amide bonds. The highest BCUT2D eigenvalue weighted by Crippen LogP contribution is 2.29. The lowest BCUT2D eigenvalue weighted by molar-refractivity contribution is 0.248. The molecule has 0 aromatic heterocycles. The number of nitrogens with one attached hydrogen (secondary N) is 2. The molecular formula is C16H25N3OS. The van der Waals surface area contributed by atoms with Gasteiger partial charge in [0.05, 0.1) is 0 Å². The first-order valence-corrected chi connectivity index (χ1v) is 8.68. The SMILES string of the molecule is CCSC1CCC(NC(=O)Nc2cccc(C(C)N)c2)C1. The maximum atomic E-state index is 12.1. The van der Waals surface area contributed by atoms with E-state index in [1.807, 2.05) is 43.0 Å². The van der Waals surface area contributed by atoms with Gasteiger partial charge in [0.2, 0.25) is 0 Å². The summed E-state index contributed by atoms with van der Waals surface area (Å²) < 4.78 is 0. The van der Waals surface area contributed by atoms with Crippen LogP contribution in [0.4, 0.5) is 10.5 Å². The number of nitrogens with two attached hydrogens (primary N) is 1. The van der Waals surface area contributed by atoms with Crippen LogP contribution in [0.5, 0.6) is 0 Å². The topological polar surface area (TPSA) is 67.2 Å². The molecule has 1 aromatic rings. The summed E-state index contributed by atoms with van der Waals surface area (Å²) in [4.78, 5) is 12.1. The van der Waals surface area contributed by atoms with Gasteiger partial charge < -0.3 is 16.4 Å². The van der Waals surface area contributed by atoms with Crippen LogP contribution in [0.3, 0.4) is 0 Å². The molecule has 0 spiro atoms. The first-order valence-electron chi connectivity index (χ1n) is 7.63. The van der Waals surface area contributed by atoms with Crippen molar-refractivity contribution in [1.29, 1.82) is 0 Å². The molecule has 2 rings (SSSR count). The first-order chi connectivity index (χ1) is 10.1. The summed E-state index contributed by atoms with van der Waals surface area (Å²) in [5, 5.41) is 6.66. The van der Waals surface area contributed by atoms with Crippen LogP contribution < -0.4 is 16.4 Å². The van der Waals surface area contributed by atoms with Crippen LogP contribution in [0.2, 0.25) is 0 Å². The van der Waals surface area contributed by atoms with Crippen LogP contribution in [0.25, 0.3) is 0 Å². The number of carbonyl (C=O) groups is 1. The van der Waals surface area contributed by atoms with Crippen molar-refractivity contribution in [2.45, 2.75) is 50.4 Å². The molecule has 0 bridgehead atoms. The lowest BCUT2D eigenvalue weighted by Crippen LogP contribution is -2.36. The molecule has 4 nitrogen and oxygen atoms in total. The molecule has 116 valence electrons. The zero-order chi connectivity index (χ0) is 15.2. The van der Waals surface area contributed by atoms with Gasteiger partial charge in [0.15, 0.2) is 0 Å². The third kappa shape index (κ3) is 4.93. The lowest BCUT2D eigenvalue weighted by Gasteiger charge is -2.15. The van der Waals surface area contributed by atoms with Crippen LogP contribution in [-0.2, 0) is 0 Å². The Balaban J connectivity index is 1.83. The number of benzene rings is 1. The van der Waals surface area contributed by atoms with Crippen molar-refractivity contribution in [3.05, 3.63) is 29.8 Å². The molecule has 5 heteroatoms. The van der Waals surface area contributed by atoms with E-state index >= 15 is 0 Å². The monoisotopic (exact) mass is 307 g/mol. The van der Waals surface area contributed by atoms with Crippen LogP contribution in [0, 0.1) is 0 Å². The number of hydrogen-bond donors (Lipinski definition) is 3. The van der Waals surface area contributed by atoms with Gasteiger partial charge in [-0.2, -0.15) is 11.8 Å². The fourth-order valence-electron chi connectivity index (χ4n) is 2.71. The third-order valence-electron chi connectivity index (χ3n) is 3.79. The molecule has 0 aliphatic heterocycles. The summed E-state index contributed by atoms with van der Waals surface area (Å²) in [6, 6.07) is 7.84. The summed E-state index contributed by atoms with van der Waals surface area (Å²) in [5.74, 6) is 1.15. The van der Waals surface area contributed by atoms with Crippen molar-refractivity contribution < 1.29 is 4.79 Å². The van der Waals surface area contributed by atoms with Crippen LogP contribution >= 0.6 is 11.8 Å². The zero-order valence-corrected chi connectivity index (χ0v) is 13.6. The predicted molar refractivity (Wildman–Crippen MR) is 90.8 cm³/mol. The van der Waals surface area contributed by atoms with E-state index in [2.05, 4.69) is 17.6 Å².